The summed E-state index contributed by atoms with van der Waals surface area (Å²) >= 11 is 1.25. The van der Waals surface area contributed by atoms with Crippen LogP contribution in [0.25, 0.3) is 0 Å². The maximum absolute atomic E-state index is 12.4. The van der Waals surface area contributed by atoms with Gasteiger partial charge in [-0.25, -0.2) is 13.8 Å². The molecule has 0 saturated carbocycles. The number of alkyl halides is 5. The van der Waals surface area contributed by atoms with E-state index < -0.39 is 33.1 Å². The van der Waals surface area contributed by atoms with Crippen molar-refractivity contribution >= 4 is 22.6 Å². The number of aromatic nitrogens is 1. The smallest absolute Gasteiger partial charge is 0.230 e. The first-order valence-corrected chi connectivity index (χ1v) is 4.81. The Bertz CT molecular complexity index is 448. The highest BCUT2D eigenvalue weighted by atomic mass is 127. The second-order valence-corrected chi connectivity index (χ2v) is 3.70. The molecule has 0 amide bonds. The lowest BCUT2D eigenvalue weighted by Crippen LogP contribution is -2.11. The first kappa shape index (κ1) is 13.1. The number of nitrogens with zero attached hydrogens (tertiary/aromatic N) is 2. The van der Waals surface area contributed by atoms with Crippen molar-refractivity contribution in [2.24, 2.45) is 0 Å². The van der Waals surface area contributed by atoms with Crippen molar-refractivity contribution in [1.82, 2.24) is 4.98 Å². The van der Waals surface area contributed by atoms with Crippen LogP contribution in [-0.4, -0.2) is 4.98 Å². The summed E-state index contributed by atoms with van der Waals surface area (Å²) < 4.78 is 61.3. The average Bonchev–Trinajstić information content (AvgIpc) is 2.14. The minimum atomic E-state index is -4.76. The van der Waals surface area contributed by atoms with Crippen molar-refractivity contribution in [3.63, 3.8) is 0 Å². The second-order valence-electron chi connectivity index (χ2n) is 2.67. The number of hydrogen-bond acceptors (Lipinski definition) is 2. The molecule has 0 aliphatic heterocycles. The van der Waals surface area contributed by atoms with E-state index in [0.29, 0.717) is 0 Å². The van der Waals surface area contributed by atoms with Gasteiger partial charge in [0, 0.05) is 0 Å². The number of pyridine rings is 1. The van der Waals surface area contributed by atoms with Crippen LogP contribution in [0.3, 0.4) is 0 Å². The van der Waals surface area contributed by atoms with Gasteiger partial charge in [0.05, 0.1) is 11.1 Å². The Balaban J connectivity index is 3.47. The van der Waals surface area contributed by atoms with E-state index in [1.807, 2.05) is 0 Å². The second kappa shape index (κ2) is 4.48. The van der Waals surface area contributed by atoms with Gasteiger partial charge in [-0.1, -0.05) is 0 Å². The molecule has 0 N–H and O–H groups in total. The first-order chi connectivity index (χ1) is 7.27. The third-order valence-corrected chi connectivity index (χ3v) is 2.47. The molecule has 0 spiro atoms. The molecule has 0 radical (unpaired) electrons. The van der Waals surface area contributed by atoms with Crippen LogP contribution in [-0.2, 0) is 6.18 Å². The summed E-state index contributed by atoms with van der Waals surface area (Å²) in [7, 11) is 0. The quantitative estimate of drug-likeness (QED) is 0.443. The zero-order valence-electron chi connectivity index (χ0n) is 7.32. The molecule has 0 unspecified atom stereocenters. The zero-order valence-corrected chi connectivity index (χ0v) is 9.47. The van der Waals surface area contributed by atoms with E-state index in [0.717, 1.165) is 0 Å². The van der Waals surface area contributed by atoms with E-state index in [2.05, 4.69) is 4.98 Å². The Morgan fingerprint density at radius 3 is 2.31 bits per heavy atom. The predicted molar refractivity (Wildman–Crippen MR) is 51.6 cm³/mol. The maximum atomic E-state index is 12.4. The van der Waals surface area contributed by atoms with E-state index >= 15 is 0 Å². The van der Waals surface area contributed by atoms with E-state index in [-0.39, 0.29) is 6.07 Å². The summed E-state index contributed by atoms with van der Waals surface area (Å²) in [6.45, 7) is 0. The van der Waals surface area contributed by atoms with Gasteiger partial charge in [0.25, 0.3) is 6.43 Å². The van der Waals surface area contributed by atoms with Crippen LogP contribution in [0.2, 0.25) is 0 Å². The van der Waals surface area contributed by atoms with Gasteiger partial charge in [-0.2, -0.15) is 18.4 Å². The molecular weight excluding hydrogens is 346 g/mol. The Morgan fingerprint density at radius 1 is 1.38 bits per heavy atom. The Hall–Kier alpha value is -0.980. The minimum Gasteiger partial charge on any atom is -0.230 e. The van der Waals surface area contributed by atoms with Crippen molar-refractivity contribution in [3.05, 3.63) is 26.6 Å². The topological polar surface area (TPSA) is 36.7 Å². The molecule has 1 rings (SSSR count). The van der Waals surface area contributed by atoms with E-state index in [4.69, 9.17) is 5.26 Å². The molecule has 2 nitrogen and oxygen atoms in total. The van der Waals surface area contributed by atoms with Crippen LogP contribution in [0.4, 0.5) is 22.0 Å². The van der Waals surface area contributed by atoms with E-state index in [1.54, 1.807) is 0 Å². The highest BCUT2D eigenvalue weighted by Gasteiger charge is 2.35. The van der Waals surface area contributed by atoms with Gasteiger partial charge in [0.2, 0.25) is 0 Å². The molecule has 1 aromatic rings. The molecule has 1 heterocycles. The molecule has 8 heteroatoms. The van der Waals surface area contributed by atoms with Gasteiger partial charge in [0.15, 0.2) is 5.69 Å². The van der Waals surface area contributed by atoms with Gasteiger partial charge < -0.3 is 0 Å². The van der Waals surface area contributed by atoms with Gasteiger partial charge in [-0.15, -0.1) is 0 Å². The highest BCUT2D eigenvalue weighted by Crippen LogP contribution is 2.35. The molecule has 0 aliphatic rings. The molecule has 86 valence electrons. The van der Waals surface area contributed by atoms with Crippen LogP contribution < -0.4 is 0 Å². The van der Waals surface area contributed by atoms with Gasteiger partial charge >= 0.3 is 6.18 Å². The molecule has 0 aromatic carbocycles. The number of nitriles is 1. The molecule has 0 bridgehead atoms. The van der Waals surface area contributed by atoms with Gasteiger partial charge in [-0.3, -0.25) is 0 Å². The fraction of sp³-hybridized carbons (Fsp3) is 0.250. The average molecular weight is 348 g/mol. The number of hydrogen-bond donors (Lipinski definition) is 0. The summed E-state index contributed by atoms with van der Waals surface area (Å²) in [5.74, 6) is 0. The SMILES string of the molecule is N#Cc1nc(I)c(C(F)(F)F)cc1C(F)F. The predicted octanol–water partition coefficient (Wildman–Crippen LogP) is 3.51. The third kappa shape index (κ3) is 2.58. The fourth-order valence-electron chi connectivity index (χ4n) is 0.961. The molecule has 0 aliphatic carbocycles. The normalized spacial score (nSPS) is 11.6. The van der Waals surface area contributed by atoms with Crippen molar-refractivity contribution in [2.45, 2.75) is 12.6 Å². The Kier molecular flexibility index (Phi) is 3.67. The lowest BCUT2D eigenvalue weighted by molar-refractivity contribution is -0.138. The highest BCUT2D eigenvalue weighted by molar-refractivity contribution is 14.1. The lowest BCUT2D eigenvalue weighted by atomic mass is 10.1. The summed E-state index contributed by atoms with van der Waals surface area (Å²) in [5.41, 5.74) is -2.95. The van der Waals surface area contributed by atoms with Crippen LogP contribution in [0.15, 0.2) is 6.07 Å². The monoisotopic (exact) mass is 348 g/mol. The first-order valence-electron chi connectivity index (χ1n) is 3.73. The Morgan fingerprint density at radius 2 is 1.94 bits per heavy atom. The molecular formula is C8H2F5IN2. The standard InChI is InChI=1S/C8H2F5IN2/c9-6(10)3-1-4(8(11,12)13)7(14)16-5(3)2-15/h1,6H. The molecule has 0 atom stereocenters. The Labute approximate surface area is 100 Å². The van der Waals surface area contributed by atoms with Gasteiger partial charge in [0.1, 0.15) is 9.77 Å². The summed E-state index contributed by atoms with van der Waals surface area (Å²) in [6.07, 6.45) is -7.93. The van der Waals surface area contributed by atoms with Crippen LogP contribution in [0.1, 0.15) is 23.2 Å². The summed E-state index contributed by atoms with van der Waals surface area (Å²) in [5, 5.41) is 8.46. The van der Waals surface area contributed by atoms with E-state index in [9.17, 15) is 22.0 Å². The van der Waals surface area contributed by atoms with Crippen molar-refractivity contribution in [3.8, 4) is 6.07 Å². The van der Waals surface area contributed by atoms with Crippen LogP contribution >= 0.6 is 22.6 Å². The lowest BCUT2D eigenvalue weighted by Gasteiger charge is -2.11. The van der Waals surface area contributed by atoms with Crippen molar-refractivity contribution < 1.29 is 22.0 Å². The minimum absolute atomic E-state index is 0.262. The molecule has 1 aromatic heterocycles. The van der Waals surface area contributed by atoms with Gasteiger partial charge in [-0.05, 0) is 28.7 Å². The molecule has 0 saturated heterocycles. The van der Waals surface area contributed by atoms with Crippen LogP contribution in [0.5, 0.6) is 0 Å². The summed E-state index contributed by atoms with van der Waals surface area (Å²) in [4.78, 5) is 3.20. The molecule has 16 heavy (non-hydrogen) atoms. The number of halogens is 6. The van der Waals surface area contributed by atoms with Crippen LogP contribution in [0, 0.1) is 15.0 Å². The largest absolute Gasteiger partial charge is 0.418 e. The molecule has 0 fully saturated rings. The summed E-state index contributed by atoms with van der Waals surface area (Å²) in [6, 6.07) is 1.60. The number of rotatable bonds is 1. The van der Waals surface area contributed by atoms with E-state index in [1.165, 1.54) is 28.7 Å². The zero-order chi connectivity index (χ0) is 12.5. The fourth-order valence-corrected chi connectivity index (χ4v) is 1.66. The third-order valence-electron chi connectivity index (χ3n) is 1.65. The van der Waals surface area contributed by atoms with Crippen molar-refractivity contribution in [1.29, 1.82) is 5.26 Å². The maximum Gasteiger partial charge on any atom is 0.418 e. The van der Waals surface area contributed by atoms with Crippen molar-refractivity contribution in [2.75, 3.05) is 0 Å².